The summed E-state index contributed by atoms with van der Waals surface area (Å²) >= 11 is 0. The van der Waals surface area contributed by atoms with Crippen LogP contribution in [0.15, 0.2) is 60.8 Å². The standard InChI is InChI=1S/C20H20N2O3/c1-24-17-9-2-3-10-18(17)25-14-19(23)21-13-11-16-7-4-6-15-8-5-12-22-20(15)16/h2-10,12H,11,13-14H2,1H3,(H,21,23). The van der Waals surface area contributed by atoms with Crippen LogP contribution >= 0.6 is 0 Å². The first-order chi connectivity index (χ1) is 12.3. The van der Waals surface area contributed by atoms with Crippen molar-refractivity contribution < 1.29 is 14.3 Å². The van der Waals surface area contributed by atoms with Gasteiger partial charge < -0.3 is 14.8 Å². The molecule has 0 fully saturated rings. The van der Waals surface area contributed by atoms with Crippen molar-refractivity contribution >= 4 is 16.8 Å². The SMILES string of the molecule is COc1ccccc1OCC(=O)NCCc1cccc2cccnc12. The molecule has 2 aromatic carbocycles. The Morgan fingerprint density at radius 3 is 2.68 bits per heavy atom. The molecule has 3 aromatic rings. The molecule has 0 unspecified atom stereocenters. The van der Waals surface area contributed by atoms with Gasteiger partial charge in [0.25, 0.3) is 5.91 Å². The van der Waals surface area contributed by atoms with Gasteiger partial charge >= 0.3 is 0 Å². The van der Waals surface area contributed by atoms with Crippen LogP contribution in [0.2, 0.25) is 0 Å². The molecule has 1 heterocycles. The number of rotatable bonds is 7. The summed E-state index contributed by atoms with van der Waals surface area (Å²) in [5.74, 6) is 0.995. The van der Waals surface area contributed by atoms with E-state index >= 15 is 0 Å². The quantitative estimate of drug-likeness (QED) is 0.720. The molecule has 25 heavy (non-hydrogen) atoms. The van der Waals surface area contributed by atoms with E-state index in [0.29, 0.717) is 18.0 Å². The van der Waals surface area contributed by atoms with Crippen LogP contribution in [-0.2, 0) is 11.2 Å². The number of pyridine rings is 1. The zero-order valence-corrected chi connectivity index (χ0v) is 14.1. The topological polar surface area (TPSA) is 60.5 Å². The molecule has 5 heteroatoms. The second-order valence-electron chi connectivity index (χ2n) is 5.53. The summed E-state index contributed by atoms with van der Waals surface area (Å²) in [5, 5.41) is 3.97. The predicted molar refractivity (Wildman–Crippen MR) is 96.9 cm³/mol. The van der Waals surface area contributed by atoms with Gasteiger partial charge in [-0.2, -0.15) is 0 Å². The molecule has 0 bridgehead atoms. The molecular formula is C20H20N2O3. The van der Waals surface area contributed by atoms with Crippen LogP contribution < -0.4 is 14.8 Å². The van der Waals surface area contributed by atoms with Crippen molar-refractivity contribution in [2.24, 2.45) is 0 Å². The molecule has 0 atom stereocenters. The van der Waals surface area contributed by atoms with Gasteiger partial charge in [0.1, 0.15) is 0 Å². The highest BCUT2D eigenvalue weighted by molar-refractivity contribution is 5.81. The number of aromatic nitrogens is 1. The maximum atomic E-state index is 12.0. The number of nitrogens with zero attached hydrogens (tertiary/aromatic N) is 1. The van der Waals surface area contributed by atoms with Crippen molar-refractivity contribution in [3.63, 3.8) is 0 Å². The maximum Gasteiger partial charge on any atom is 0.257 e. The van der Waals surface area contributed by atoms with E-state index in [-0.39, 0.29) is 12.5 Å². The van der Waals surface area contributed by atoms with Gasteiger partial charge in [-0.25, -0.2) is 0 Å². The molecule has 1 N–H and O–H groups in total. The molecule has 0 saturated heterocycles. The highest BCUT2D eigenvalue weighted by atomic mass is 16.5. The molecule has 5 nitrogen and oxygen atoms in total. The Morgan fingerprint density at radius 1 is 1.04 bits per heavy atom. The lowest BCUT2D eigenvalue weighted by molar-refractivity contribution is -0.123. The van der Waals surface area contributed by atoms with Gasteiger partial charge in [0.05, 0.1) is 12.6 Å². The number of fused-ring (bicyclic) bond motifs is 1. The lowest BCUT2D eigenvalue weighted by Gasteiger charge is -2.11. The number of carbonyl (C=O) groups is 1. The Morgan fingerprint density at radius 2 is 1.84 bits per heavy atom. The summed E-state index contributed by atoms with van der Waals surface area (Å²) in [6.45, 7) is 0.484. The minimum atomic E-state index is -0.167. The fourth-order valence-corrected chi connectivity index (χ4v) is 2.64. The number of para-hydroxylation sites is 3. The first-order valence-corrected chi connectivity index (χ1v) is 8.13. The first-order valence-electron chi connectivity index (χ1n) is 8.13. The van der Waals surface area contributed by atoms with Crippen LogP contribution in [0.1, 0.15) is 5.56 Å². The van der Waals surface area contributed by atoms with Crippen LogP contribution in [0, 0.1) is 0 Å². The van der Waals surface area contributed by atoms with Gasteiger partial charge in [-0.05, 0) is 30.2 Å². The second kappa shape index (κ2) is 8.15. The average Bonchev–Trinajstić information content (AvgIpc) is 2.67. The molecule has 128 valence electrons. The minimum absolute atomic E-state index is 0.0475. The van der Waals surface area contributed by atoms with Gasteiger partial charge in [0.2, 0.25) is 0 Å². The number of ether oxygens (including phenoxy) is 2. The monoisotopic (exact) mass is 336 g/mol. The third-order valence-electron chi connectivity index (χ3n) is 3.86. The van der Waals surface area contributed by atoms with E-state index < -0.39 is 0 Å². The van der Waals surface area contributed by atoms with Crippen LogP contribution in [0.3, 0.4) is 0 Å². The molecule has 1 aromatic heterocycles. The summed E-state index contributed by atoms with van der Waals surface area (Å²) in [6.07, 6.45) is 2.50. The van der Waals surface area contributed by atoms with E-state index in [1.165, 1.54) is 0 Å². The maximum absolute atomic E-state index is 12.0. The molecule has 0 aliphatic rings. The van der Waals surface area contributed by atoms with E-state index in [1.54, 1.807) is 25.4 Å². The van der Waals surface area contributed by atoms with E-state index in [4.69, 9.17) is 9.47 Å². The van der Waals surface area contributed by atoms with Crippen molar-refractivity contribution in [3.05, 3.63) is 66.4 Å². The summed E-state index contributed by atoms with van der Waals surface area (Å²) in [7, 11) is 1.57. The van der Waals surface area contributed by atoms with E-state index in [1.807, 2.05) is 42.5 Å². The molecule has 1 amide bonds. The molecule has 0 radical (unpaired) electrons. The van der Waals surface area contributed by atoms with Crippen LogP contribution in [-0.4, -0.2) is 31.2 Å². The van der Waals surface area contributed by atoms with Crippen LogP contribution in [0.25, 0.3) is 10.9 Å². The number of carbonyl (C=O) groups excluding carboxylic acids is 1. The third kappa shape index (κ3) is 4.26. The fraction of sp³-hybridized carbons (Fsp3) is 0.200. The zero-order valence-electron chi connectivity index (χ0n) is 14.1. The number of nitrogens with one attached hydrogen (secondary N) is 1. The number of amides is 1. The Balaban J connectivity index is 1.51. The number of benzene rings is 2. The van der Waals surface area contributed by atoms with Crippen molar-refractivity contribution in [3.8, 4) is 11.5 Å². The molecule has 0 spiro atoms. The first kappa shape index (κ1) is 16.8. The van der Waals surface area contributed by atoms with Crippen molar-refractivity contribution in [2.75, 3.05) is 20.3 Å². The lowest BCUT2D eigenvalue weighted by Crippen LogP contribution is -2.30. The van der Waals surface area contributed by atoms with Crippen LogP contribution in [0.4, 0.5) is 0 Å². The summed E-state index contributed by atoms with van der Waals surface area (Å²) < 4.78 is 10.7. The third-order valence-corrected chi connectivity index (χ3v) is 3.86. The van der Waals surface area contributed by atoms with Gasteiger partial charge in [0.15, 0.2) is 18.1 Å². The summed E-state index contributed by atoms with van der Waals surface area (Å²) in [5.41, 5.74) is 2.09. The van der Waals surface area contributed by atoms with Gasteiger partial charge in [0, 0.05) is 18.1 Å². The van der Waals surface area contributed by atoms with E-state index in [2.05, 4.69) is 10.3 Å². The van der Waals surface area contributed by atoms with Gasteiger partial charge in [-0.15, -0.1) is 0 Å². The Bertz CT molecular complexity index is 859. The van der Waals surface area contributed by atoms with Crippen molar-refractivity contribution in [1.82, 2.24) is 10.3 Å². The Labute approximate surface area is 146 Å². The zero-order chi connectivity index (χ0) is 17.5. The molecule has 0 saturated carbocycles. The second-order valence-corrected chi connectivity index (χ2v) is 5.53. The smallest absolute Gasteiger partial charge is 0.257 e. The van der Waals surface area contributed by atoms with E-state index in [0.717, 1.165) is 22.9 Å². The Kier molecular flexibility index (Phi) is 5.46. The number of hydrogen-bond acceptors (Lipinski definition) is 4. The van der Waals surface area contributed by atoms with Crippen molar-refractivity contribution in [1.29, 1.82) is 0 Å². The molecule has 0 aliphatic heterocycles. The highest BCUT2D eigenvalue weighted by Crippen LogP contribution is 2.25. The molecular weight excluding hydrogens is 316 g/mol. The Hall–Kier alpha value is -3.08. The number of methoxy groups -OCH3 is 1. The van der Waals surface area contributed by atoms with Gasteiger partial charge in [-0.3, -0.25) is 9.78 Å². The number of hydrogen-bond donors (Lipinski definition) is 1. The predicted octanol–water partition coefficient (Wildman–Crippen LogP) is 2.98. The van der Waals surface area contributed by atoms with E-state index in [9.17, 15) is 4.79 Å². The summed E-state index contributed by atoms with van der Waals surface area (Å²) in [4.78, 5) is 16.4. The van der Waals surface area contributed by atoms with Crippen molar-refractivity contribution in [2.45, 2.75) is 6.42 Å². The van der Waals surface area contributed by atoms with Gasteiger partial charge in [-0.1, -0.05) is 36.4 Å². The largest absolute Gasteiger partial charge is 0.493 e. The fourth-order valence-electron chi connectivity index (χ4n) is 2.64. The molecule has 3 rings (SSSR count). The molecule has 0 aliphatic carbocycles. The lowest BCUT2D eigenvalue weighted by atomic mass is 10.1. The average molecular weight is 336 g/mol. The highest BCUT2D eigenvalue weighted by Gasteiger charge is 2.07. The minimum Gasteiger partial charge on any atom is -0.493 e. The normalized spacial score (nSPS) is 10.4. The van der Waals surface area contributed by atoms with Crippen LogP contribution in [0.5, 0.6) is 11.5 Å². The summed E-state index contributed by atoms with van der Waals surface area (Å²) in [6, 6.07) is 17.3.